The number of aromatic amines is 1. The highest BCUT2D eigenvalue weighted by atomic mass is 19.4. The molecule has 19 heavy (non-hydrogen) atoms. The first-order valence-electron chi connectivity index (χ1n) is 5.47. The number of H-pyrrole nitrogens is 1. The number of hydrogen-bond donors (Lipinski definition) is 2. The molecule has 0 unspecified atom stereocenters. The Labute approximate surface area is 105 Å². The first-order valence-corrected chi connectivity index (χ1v) is 5.47. The van der Waals surface area contributed by atoms with Crippen LogP contribution in [0, 0.1) is 0 Å². The van der Waals surface area contributed by atoms with Crippen LogP contribution in [-0.2, 0) is 26.3 Å². The number of alkyl halides is 3. The lowest BCUT2D eigenvalue weighted by Gasteiger charge is -2.06. The fourth-order valence-electron chi connectivity index (χ4n) is 2.12. The van der Waals surface area contributed by atoms with Crippen molar-refractivity contribution in [3.63, 3.8) is 0 Å². The van der Waals surface area contributed by atoms with Crippen molar-refractivity contribution in [2.75, 3.05) is 0 Å². The SMILES string of the molecule is Cn1c(-c2cc(C(F)(F)F)[nH]n2)nc2c1CN(O)C2. The Balaban J connectivity index is 2.00. The van der Waals surface area contributed by atoms with E-state index in [0.717, 1.165) is 16.8 Å². The summed E-state index contributed by atoms with van der Waals surface area (Å²) < 4.78 is 39.1. The van der Waals surface area contributed by atoms with Crippen LogP contribution in [0.2, 0.25) is 0 Å². The molecule has 9 heteroatoms. The molecule has 0 saturated carbocycles. The summed E-state index contributed by atoms with van der Waals surface area (Å²) >= 11 is 0. The molecule has 2 aromatic heterocycles. The maximum absolute atomic E-state index is 12.5. The lowest BCUT2D eigenvalue weighted by Crippen LogP contribution is -2.12. The van der Waals surface area contributed by atoms with E-state index in [1.165, 1.54) is 0 Å². The van der Waals surface area contributed by atoms with Gasteiger partial charge in [-0.25, -0.2) is 4.98 Å². The molecular formula is C10H10F3N5O. The van der Waals surface area contributed by atoms with Gasteiger partial charge >= 0.3 is 6.18 Å². The second kappa shape index (κ2) is 3.81. The second-order valence-electron chi connectivity index (χ2n) is 4.38. The van der Waals surface area contributed by atoms with Crippen molar-refractivity contribution in [2.24, 2.45) is 7.05 Å². The summed E-state index contributed by atoms with van der Waals surface area (Å²) in [7, 11) is 1.68. The van der Waals surface area contributed by atoms with Crippen LogP contribution in [0.1, 0.15) is 17.1 Å². The van der Waals surface area contributed by atoms with Crippen molar-refractivity contribution in [2.45, 2.75) is 19.3 Å². The Morgan fingerprint density at radius 3 is 2.68 bits per heavy atom. The van der Waals surface area contributed by atoms with E-state index in [0.29, 0.717) is 18.1 Å². The number of imidazole rings is 1. The first-order chi connectivity index (χ1) is 8.86. The summed E-state index contributed by atoms with van der Waals surface area (Å²) in [5.41, 5.74) is 0.647. The average Bonchev–Trinajstić information content (AvgIpc) is 2.94. The second-order valence-corrected chi connectivity index (χ2v) is 4.38. The predicted molar refractivity (Wildman–Crippen MR) is 56.8 cm³/mol. The molecule has 3 rings (SSSR count). The summed E-state index contributed by atoms with van der Waals surface area (Å²) in [6, 6.07) is 0.925. The third kappa shape index (κ3) is 1.90. The van der Waals surface area contributed by atoms with Crippen LogP contribution in [0.3, 0.4) is 0 Å². The molecule has 1 aliphatic heterocycles. The van der Waals surface area contributed by atoms with E-state index in [1.807, 2.05) is 5.10 Å². The molecule has 0 radical (unpaired) electrons. The molecule has 0 fully saturated rings. The van der Waals surface area contributed by atoms with E-state index in [4.69, 9.17) is 0 Å². The molecule has 1 aliphatic rings. The van der Waals surface area contributed by atoms with Crippen LogP contribution in [0.4, 0.5) is 13.2 Å². The van der Waals surface area contributed by atoms with Gasteiger partial charge in [-0.2, -0.15) is 23.3 Å². The maximum atomic E-state index is 12.5. The highest BCUT2D eigenvalue weighted by molar-refractivity contribution is 5.52. The maximum Gasteiger partial charge on any atom is 0.432 e. The van der Waals surface area contributed by atoms with Gasteiger partial charge in [0.2, 0.25) is 0 Å². The number of aromatic nitrogens is 4. The lowest BCUT2D eigenvalue weighted by atomic mass is 10.3. The summed E-state index contributed by atoms with van der Waals surface area (Å²) in [6.45, 7) is 0.565. The van der Waals surface area contributed by atoms with Gasteiger partial charge in [-0.15, -0.1) is 0 Å². The molecule has 0 amide bonds. The van der Waals surface area contributed by atoms with Crippen LogP contribution >= 0.6 is 0 Å². The largest absolute Gasteiger partial charge is 0.432 e. The Bertz CT molecular complexity index is 630. The minimum Gasteiger partial charge on any atom is -0.328 e. The Hall–Kier alpha value is -1.87. The molecule has 3 heterocycles. The number of fused-ring (bicyclic) bond motifs is 1. The summed E-state index contributed by atoms with van der Waals surface area (Å²) in [4.78, 5) is 4.22. The lowest BCUT2D eigenvalue weighted by molar-refractivity contribution is -0.141. The number of hydroxylamine groups is 2. The topological polar surface area (TPSA) is 70.0 Å². The minimum atomic E-state index is -4.46. The molecule has 0 aromatic carbocycles. The van der Waals surface area contributed by atoms with Gasteiger partial charge < -0.3 is 9.77 Å². The van der Waals surface area contributed by atoms with Crippen LogP contribution in [-0.4, -0.2) is 30.0 Å². The van der Waals surface area contributed by atoms with Gasteiger partial charge in [0.05, 0.1) is 24.5 Å². The Morgan fingerprint density at radius 2 is 2.11 bits per heavy atom. The van der Waals surface area contributed by atoms with Crippen LogP contribution in [0.15, 0.2) is 6.07 Å². The van der Waals surface area contributed by atoms with Crippen LogP contribution < -0.4 is 0 Å². The highest BCUT2D eigenvalue weighted by Gasteiger charge is 2.34. The van der Waals surface area contributed by atoms with E-state index in [2.05, 4.69) is 10.1 Å². The van der Waals surface area contributed by atoms with E-state index in [1.54, 1.807) is 11.6 Å². The van der Waals surface area contributed by atoms with Gasteiger partial charge in [-0.3, -0.25) is 5.10 Å². The van der Waals surface area contributed by atoms with Gasteiger partial charge in [0, 0.05) is 7.05 Å². The number of hydrogen-bond acceptors (Lipinski definition) is 4. The molecule has 0 spiro atoms. The summed E-state index contributed by atoms with van der Waals surface area (Å²) in [6.07, 6.45) is -4.46. The molecule has 2 aromatic rings. The molecule has 2 N–H and O–H groups in total. The zero-order valence-electron chi connectivity index (χ0n) is 9.86. The normalized spacial score (nSPS) is 16.1. The van der Waals surface area contributed by atoms with Crippen LogP contribution in [0.25, 0.3) is 11.5 Å². The fraction of sp³-hybridized carbons (Fsp3) is 0.400. The smallest absolute Gasteiger partial charge is 0.328 e. The molecule has 0 atom stereocenters. The van der Waals surface area contributed by atoms with E-state index >= 15 is 0 Å². The monoisotopic (exact) mass is 273 g/mol. The van der Waals surface area contributed by atoms with Gasteiger partial charge in [-0.1, -0.05) is 0 Å². The average molecular weight is 273 g/mol. The number of halogens is 3. The first kappa shape index (κ1) is 12.2. The molecule has 6 nitrogen and oxygen atoms in total. The van der Waals surface area contributed by atoms with Crippen molar-refractivity contribution in [1.29, 1.82) is 0 Å². The van der Waals surface area contributed by atoms with E-state index < -0.39 is 11.9 Å². The van der Waals surface area contributed by atoms with Gasteiger partial charge in [0.25, 0.3) is 0 Å². The van der Waals surface area contributed by atoms with Gasteiger partial charge in [0.1, 0.15) is 11.4 Å². The predicted octanol–water partition coefficient (Wildman–Crippen LogP) is 1.53. The van der Waals surface area contributed by atoms with Crippen molar-refractivity contribution in [3.8, 4) is 11.5 Å². The number of nitrogens with one attached hydrogen (secondary N) is 1. The molecule has 0 bridgehead atoms. The van der Waals surface area contributed by atoms with E-state index in [9.17, 15) is 18.4 Å². The molecule has 0 saturated heterocycles. The standard InChI is InChI=1S/C10H10F3N5O/c1-17-7-4-18(19)3-6(7)14-9(17)5-2-8(16-15-5)10(11,12)13/h2,19H,3-4H2,1H3,(H,15,16). The molecule has 0 aliphatic carbocycles. The van der Waals surface area contributed by atoms with E-state index in [-0.39, 0.29) is 12.2 Å². The van der Waals surface area contributed by atoms with Gasteiger partial charge in [-0.05, 0) is 6.07 Å². The quantitative estimate of drug-likeness (QED) is 0.826. The van der Waals surface area contributed by atoms with Crippen molar-refractivity contribution in [1.82, 2.24) is 24.8 Å². The molecular weight excluding hydrogens is 263 g/mol. The van der Waals surface area contributed by atoms with Crippen molar-refractivity contribution < 1.29 is 18.4 Å². The summed E-state index contributed by atoms with van der Waals surface area (Å²) in [5, 5.41) is 16.0. The van der Waals surface area contributed by atoms with Crippen LogP contribution in [0.5, 0.6) is 0 Å². The summed E-state index contributed by atoms with van der Waals surface area (Å²) in [5.74, 6) is 0.352. The number of nitrogens with zero attached hydrogens (tertiary/aromatic N) is 4. The third-order valence-electron chi connectivity index (χ3n) is 3.07. The fourth-order valence-corrected chi connectivity index (χ4v) is 2.12. The zero-order valence-corrected chi connectivity index (χ0v) is 9.86. The minimum absolute atomic E-state index is 0.133. The highest BCUT2D eigenvalue weighted by Crippen LogP contribution is 2.31. The van der Waals surface area contributed by atoms with Gasteiger partial charge in [0.15, 0.2) is 5.82 Å². The molecule has 102 valence electrons. The zero-order chi connectivity index (χ0) is 13.8. The third-order valence-corrected chi connectivity index (χ3v) is 3.07. The van der Waals surface area contributed by atoms with Crippen molar-refractivity contribution in [3.05, 3.63) is 23.1 Å². The Kier molecular flexibility index (Phi) is 2.44. The number of rotatable bonds is 1. The Morgan fingerprint density at radius 1 is 1.37 bits per heavy atom. The van der Waals surface area contributed by atoms with Crippen molar-refractivity contribution >= 4 is 0 Å².